The van der Waals surface area contributed by atoms with Crippen LogP contribution in [0.15, 0.2) is 54.3 Å². The molecule has 0 radical (unpaired) electrons. The molecule has 4 heteroatoms. The first-order chi connectivity index (χ1) is 9.09. The molecule has 4 nitrogen and oxygen atoms in total. The van der Waals surface area contributed by atoms with Gasteiger partial charge >= 0.3 is 0 Å². The summed E-state index contributed by atoms with van der Waals surface area (Å²) in [6.07, 6.45) is 5.61. The van der Waals surface area contributed by atoms with E-state index in [0.717, 1.165) is 4.90 Å². The van der Waals surface area contributed by atoms with Gasteiger partial charge in [-0.3, -0.25) is 9.59 Å². The second kappa shape index (κ2) is 5.63. The molecule has 1 aliphatic rings. The van der Waals surface area contributed by atoms with E-state index in [2.05, 4.69) is 0 Å². The molecule has 1 fully saturated rings. The van der Waals surface area contributed by atoms with Gasteiger partial charge in [-0.05, 0) is 24.3 Å². The number of imide groups is 1. The third kappa shape index (κ3) is 2.98. The topological polar surface area (TPSA) is 41.8 Å². The number of anilines is 1. The average Bonchev–Trinajstić information content (AvgIpc) is 2.65. The standard InChI is InChI=1S/C15H16N2O2/c1-16(2)10-6-7-12-11-14(18)17(15(12)19)13-8-4-3-5-9-13/h3-10H,11H2,1-2H3/p+1/b10-6+,12-7+. The van der Waals surface area contributed by atoms with E-state index in [1.54, 1.807) is 18.2 Å². The molecule has 1 N–H and O–H groups in total. The fourth-order valence-electron chi connectivity index (χ4n) is 1.90. The lowest BCUT2D eigenvalue weighted by molar-refractivity contribution is -0.801. The zero-order valence-corrected chi connectivity index (χ0v) is 11.1. The molecule has 1 aromatic rings. The summed E-state index contributed by atoms with van der Waals surface area (Å²) >= 11 is 0. The van der Waals surface area contributed by atoms with E-state index < -0.39 is 0 Å². The predicted octanol–water partition coefficient (Wildman–Crippen LogP) is 0.534. The maximum absolute atomic E-state index is 12.2. The number of benzene rings is 1. The summed E-state index contributed by atoms with van der Waals surface area (Å²) in [7, 11) is 3.96. The smallest absolute Gasteiger partial charge is 0.261 e. The van der Waals surface area contributed by atoms with Crippen LogP contribution in [0.3, 0.4) is 0 Å². The van der Waals surface area contributed by atoms with Crippen LogP contribution in [0.4, 0.5) is 5.69 Å². The lowest BCUT2D eigenvalue weighted by Crippen LogP contribution is -3.00. The molecule has 0 bridgehead atoms. The zero-order chi connectivity index (χ0) is 13.8. The number of carbonyl (C=O) groups excluding carboxylic acids is 2. The number of allylic oxidation sites excluding steroid dienone is 2. The van der Waals surface area contributed by atoms with Crippen molar-refractivity contribution in [1.82, 2.24) is 0 Å². The third-order valence-electron chi connectivity index (χ3n) is 2.81. The monoisotopic (exact) mass is 257 g/mol. The van der Waals surface area contributed by atoms with E-state index in [9.17, 15) is 9.59 Å². The van der Waals surface area contributed by atoms with E-state index in [-0.39, 0.29) is 18.2 Å². The van der Waals surface area contributed by atoms with Gasteiger partial charge in [-0.1, -0.05) is 18.2 Å². The molecular weight excluding hydrogens is 240 g/mol. The summed E-state index contributed by atoms with van der Waals surface area (Å²) in [4.78, 5) is 26.5. The maximum Gasteiger partial charge on any atom is 0.261 e. The average molecular weight is 257 g/mol. The quantitative estimate of drug-likeness (QED) is 0.634. The third-order valence-corrected chi connectivity index (χ3v) is 2.81. The van der Waals surface area contributed by atoms with Gasteiger partial charge in [-0.15, -0.1) is 0 Å². The summed E-state index contributed by atoms with van der Waals surface area (Å²) in [6, 6.07) is 9.00. The normalized spacial score (nSPS) is 18.3. The Bertz CT molecular complexity index is 545. The van der Waals surface area contributed by atoms with E-state index in [1.165, 1.54) is 4.90 Å². The second-order valence-corrected chi connectivity index (χ2v) is 4.67. The molecule has 1 saturated heterocycles. The molecule has 0 atom stereocenters. The van der Waals surface area contributed by atoms with Gasteiger partial charge in [0.2, 0.25) is 5.91 Å². The Morgan fingerprint density at radius 1 is 1.16 bits per heavy atom. The molecule has 1 aliphatic heterocycles. The zero-order valence-electron chi connectivity index (χ0n) is 11.1. The minimum Gasteiger partial charge on any atom is -0.314 e. The Hall–Kier alpha value is -2.20. The number of hydrogen-bond donors (Lipinski definition) is 1. The first-order valence-electron chi connectivity index (χ1n) is 6.19. The Labute approximate surface area is 112 Å². The molecule has 0 spiro atoms. The number of amides is 2. The molecule has 0 aromatic heterocycles. The first kappa shape index (κ1) is 13.2. The van der Waals surface area contributed by atoms with Crippen LogP contribution < -0.4 is 9.80 Å². The second-order valence-electron chi connectivity index (χ2n) is 4.67. The first-order valence-corrected chi connectivity index (χ1v) is 6.19. The lowest BCUT2D eigenvalue weighted by atomic mass is 10.2. The fourth-order valence-corrected chi connectivity index (χ4v) is 1.90. The van der Waals surface area contributed by atoms with Gasteiger partial charge in [0.05, 0.1) is 32.4 Å². The van der Waals surface area contributed by atoms with Crippen LogP contribution in [0.25, 0.3) is 0 Å². The summed E-state index contributed by atoms with van der Waals surface area (Å²) < 4.78 is 0. The van der Waals surface area contributed by atoms with Crippen molar-refractivity contribution in [3.63, 3.8) is 0 Å². The predicted molar refractivity (Wildman–Crippen MR) is 73.6 cm³/mol. The van der Waals surface area contributed by atoms with Crippen LogP contribution in [-0.4, -0.2) is 25.9 Å². The van der Waals surface area contributed by atoms with E-state index >= 15 is 0 Å². The van der Waals surface area contributed by atoms with Gasteiger partial charge in [0, 0.05) is 5.57 Å². The molecule has 1 heterocycles. The van der Waals surface area contributed by atoms with Crippen molar-refractivity contribution in [2.45, 2.75) is 6.42 Å². The Balaban J connectivity index is 2.22. The van der Waals surface area contributed by atoms with Crippen molar-refractivity contribution < 1.29 is 14.5 Å². The van der Waals surface area contributed by atoms with Crippen LogP contribution in [0, 0.1) is 0 Å². The molecular formula is C15H17N2O2+. The lowest BCUT2D eigenvalue weighted by Gasteiger charge is -2.12. The number of hydrogen-bond acceptors (Lipinski definition) is 2. The van der Waals surface area contributed by atoms with Gasteiger partial charge in [-0.25, -0.2) is 4.90 Å². The fraction of sp³-hybridized carbons (Fsp3) is 0.200. The summed E-state index contributed by atoms with van der Waals surface area (Å²) in [6.45, 7) is 0. The van der Waals surface area contributed by atoms with Gasteiger partial charge in [0.25, 0.3) is 5.91 Å². The van der Waals surface area contributed by atoms with Gasteiger partial charge < -0.3 is 4.90 Å². The molecule has 19 heavy (non-hydrogen) atoms. The van der Waals surface area contributed by atoms with Crippen LogP contribution in [0.1, 0.15) is 6.42 Å². The van der Waals surface area contributed by atoms with E-state index in [4.69, 9.17) is 0 Å². The molecule has 1 aromatic carbocycles. The van der Waals surface area contributed by atoms with Crippen LogP contribution in [0.5, 0.6) is 0 Å². The van der Waals surface area contributed by atoms with Crippen molar-refractivity contribution in [2.75, 3.05) is 19.0 Å². The number of quaternary nitrogens is 1. The number of carbonyl (C=O) groups is 2. The maximum atomic E-state index is 12.2. The molecule has 2 amide bonds. The van der Waals surface area contributed by atoms with Crippen molar-refractivity contribution >= 4 is 17.5 Å². The summed E-state index contributed by atoms with van der Waals surface area (Å²) in [5.74, 6) is -0.400. The molecule has 98 valence electrons. The van der Waals surface area contributed by atoms with Crippen LogP contribution in [0.2, 0.25) is 0 Å². The highest BCUT2D eigenvalue weighted by Crippen LogP contribution is 2.25. The Kier molecular flexibility index (Phi) is 3.92. The summed E-state index contributed by atoms with van der Waals surface area (Å²) in [5, 5.41) is 0. The Morgan fingerprint density at radius 2 is 1.84 bits per heavy atom. The number of nitrogens with zero attached hydrogens (tertiary/aromatic N) is 1. The minimum absolute atomic E-state index is 0.167. The minimum atomic E-state index is -0.227. The molecule has 0 aliphatic carbocycles. The molecule has 0 saturated carbocycles. The van der Waals surface area contributed by atoms with Crippen molar-refractivity contribution in [3.05, 3.63) is 54.3 Å². The molecule has 0 unspecified atom stereocenters. The Morgan fingerprint density at radius 3 is 2.47 bits per heavy atom. The van der Waals surface area contributed by atoms with Gasteiger partial charge in [-0.2, -0.15) is 0 Å². The number of para-hydroxylation sites is 1. The van der Waals surface area contributed by atoms with E-state index in [1.807, 2.05) is 44.6 Å². The van der Waals surface area contributed by atoms with Crippen molar-refractivity contribution in [2.24, 2.45) is 0 Å². The SMILES string of the molecule is C[NH+](C)/C=C/C=C1\CC(=O)N(c2ccccc2)C1=O. The highest BCUT2D eigenvalue weighted by Gasteiger charge is 2.34. The van der Waals surface area contributed by atoms with Crippen LogP contribution in [-0.2, 0) is 9.59 Å². The van der Waals surface area contributed by atoms with Gasteiger partial charge in [0.15, 0.2) is 0 Å². The van der Waals surface area contributed by atoms with Crippen molar-refractivity contribution in [3.8, 4) is 0 Å². The highest BCUT2D eigenvalue weighted by atomic mass is 16.2. The molecule has 2 rings (SSSR count). The van der Waals surface area contributed by atoms with E-state index in [0.29, 0.717) is 11.3 Å². The van der Waals surface area contributed by atoms with Crippen LogP contribution >= 0.6 is 0 Å². The number of nitrogens with one attached hydrogen (secondary N) is 1. The van der Waals surface area contributed by atoms with Gasteiger partial charge in [0.1, 0.15) is 0 Å². The number of rotatable bonds is 3. The summed E-state index contributed by atoms with van der Waals surface area (Å²) in [5.41, 5.74) is 1.16. The highest BCUT2D eigenvalue weighted by molar-refractivity contribution is 6.28. The van der Waals surface area contributed by atoms with Crippen molar-refractivity contribution in [1.29, 1.82) is 0 Å². The largest absolute Gasteiger partial charge is 0.314 e.